The van der Waals surface area contributed by atoms with Gasteiger partial charge in [0.25, 0.3) is 0 Å². The monoisotopic (exact) mass is 378 g/mol. The highest BCUT2D eigenvalue weighted by atomic mass is 19.4. The molecular formula is C8F14O. The van der Waals surface area contributed by atoms with E-state index in [1.807, 2.05) is 0 Å². The molecular weight excluding hydrogens is 378 g/mol. The van der Waals surface area contributed by atoms with Crippen LogP contribution in [0.1, 0.15) is 0 Å². The van der Waals surface area contributed by atoms with Gasteiger partial charge in [-0.05, 0) is 0 Å². The fourth-order valence-corrected chi connectivity index (χ4v) is 1.71. The molecule has 0 radical (unpaired) electrons. The average molecular weight is 378 g/mol. The summed E-state index contributed by atoms with van der Waals surface area (Å²) in [5.74, 6) is -26.0. The SMILES string of the molecule is O=C(C(F)(C(F)(F)F)C(F)(F)F)C1(F)C(F)(F)C(F)(F)C1(F)F. The molecule has 0 heterocycles. The molecule has 0 amide bonds. The summed E-state index contributed by atoms with van der Waals surface area (Å²) < 4.78 is 174. The van der Waals surface area contributed by atoms with Crippen LogP contribution >= 0.6 is 0 Å². The number of alkyl halides is 14. The van der Waals surface area contributed by atoms with E-state index in [1.165, 1.54) is 0 Å². The van der Waals surface area contributed by atoms with Gasteiger partial charge in [-0.1, -0.05) is 0 Å². The van der Waals surface area contributed by atoms with Crippen LogP contribution in [0.25, 0.3) is 0 Å². The van der Waals surface area contributed by atoms with Crippen LogP contribution in [0.2, 0.25) is 0 Å². The highest BCUT2D eigenvalue weighted by Crippen LogP contribution is 2.70. The number of hydrogen-bond donors (Lipinski definition) is 0. The Balaban J connectivity index is 3.66. The molecule has 0 aromatic rings. The molecule has 0 N–H and O–H groups in total. The van der Waals surface area contributed by atoms with Crippen LogP contribution in [0.4, 0.5) is 61.5 Å². The van der Waals surface area contributed by atoms with E-state index in [4.69, 9.17) is 0 Å². The lowest BCUT2D eigenvalue weighted by Gasteiger charge is -2.54. The number of carbonyl (C=O) groups is 1. The minimum absolute atomic E-state index is 5.12. The van der Waals surface area contributed by atoms with Crippen LogP contribution in [-0.4, -0.2) is 47.2 Å². The highest BCUT2D eigenvalue weighted by molar-refractivity contribution is 6.00. The van der Waals surface area contributed by atoms with Gasteiger partial charge in [-0.25, -0.2) is 8.78 Å². The molecule has 1 aliphatic rings. The summed E-state index contributed by atoms with van der Waals surface area (Å²) >= 11 is 0. The molecule has 0 aromatic heterocycles. The average Bonchev–Trinajstić information content (AvgIpc) is 2.31. The number of Topliss-reactive ketones (excluding diaryl/α,β-unsaturated/α-hetero) is 1. The van der Waals surface area contributed by atoms with Gasteiger partial charge in [-0.15, -0.1) is 0 Å². The normalized spacial score (nSPS) is 25.7. The van der Waals surface area contributed by atoms with Crippen molar-refractivity contribution in [2.24, 2.45) is 0 Å². The molecule has 1 saturated carbocycles. The minimum atomic E-state index is -7.56. The molecule has 0 unspecified atom stereocenters. The lowest BCUT2D eigenvalue weighted by molar-refractivity contribution is -0.462. The first-order chi connectivity index (χ1) is 9.65. The maximum Gasteiger partial charge on any atom is 0.439 e. The zero-order chi connectivity index (χ0) is 19.1. The molecule has 1 fully saturated rings. The summed E-state index contributed by atoms with van der Waals surface area (Å²) in [6, 6.07) is 0. The summed E-state index contributed by atoms with van der Waals surface area (Å²) in [4.78, 5) is 10.7. The van der Waals surface area contributed by atoms with Crippen molar-refractivity contribution in [3.8, 4) is 0 Å². The summed E-state index contributed by atoms with van der Waals surface area (Å²) in [6.45, 7) is 0. The third kappa shape index (κ3) is 1.73. The fourth-order valence-electron chi connectivity index (χ4n) is 1.71. The van der Waals surface area contributed by atoms with E-state index in [-0.39, 0.29) is 0 Å². The summed E-state index contributed by atoms with van der Waals surface area (Å²) in [7, 11) is 0. The predicted molar refractivity (Wildman–Crippen MR) is 39.6 cm³/mol. The molecule has 1 rings (SSSR count). The van der Waals surface area contributed by atoms with Crippen molar-refractivity contribution in [2.75, 3.05) is 0 Å². The van der Waals surface area contributed by atoms with Gasteiger partial charge in [0.15, 0.2) is 0 Å². The Labute approximate surface area is 115 Å². The lowest BCUT2D eigenvalue weighted by Crippen LogP contribution is -2.89. The van der Waals surface area contributed by atoms with E-state index >= 15 is 0 Å². The summed E-state index contributed by atoms with van der Waals surface area (Å²) in [5, 5.41) is 0. The Morgan fingerprint density at radius 3 is 1.04 bits per heavy atom. The Morgan fingerprint density at radius 1 is 0.565 bits per heavy atom. The Bertz CT molecular complexity index is 492. The number of ketones is 1. The molecule has 136 valence electrons. The van der Waals surface area contributed by atoms with Crippen molar-refractivity contribution in [3.05, 3.63) is 0 Å². The number of carbonyl (C=O) groups excluding carboxylic acids is 1. The van der Waals surface area contributed by atoms with Crippen LogP contribution in [0.15, 0.2) is 0 Å². The third-order valence-electron chi connectivity index (χ3n) is 3.06. The first-order valence-electron chi connectivity index (χ1n) is 4.85. The van der Waals surface area contributed by atoms with Gasteiger partial charge < -0.3 is 0 Å². The molecule has 0 spiro atoms. The molecule has 1 aliphatic carbocycles. The lowest BCUT2D eigenvalue weighted by atomic mass is 9.64. The Kier molecular flexibility index (Phi) is 3.61. The molecule has 0 bridgehead atoms. The van der Waals surface area contributed by atoms with Gasteiger partial charge in [-0.3, -0.25) is 4.79 Å². The van der Waals surface area contributed by atoms with Crippen LogP contribution in [-0.2, 0) is 4.79 Å². The van der Waals surface area contributed by atoms with Crippen molar-refractivity contribution >= 4 is 5.78 Å². The zero-order valence-electron chi connectivity index (χ0n) is 9.70. The second-order valence-electron chi connectivity index (χ2n) is 4.36. The Morgan fingerprint density at radius 2 is 0.826 bits per heavy atom. The molecule has 0 atom stereocenters. The minimum Gasteiger partial charge on any atom is -0.291 e. The third-order valence-corrected chi connectivity index (χ3v) is 3.06. The van der Waals surface area contributed by atoms with Gasteiger partial charge >= 0.3 is 41.5 Å². The molecule has 0 aliphatic heterocycles. The van der Waals surface area contributed by atoms with Crippen LogP contribution in [0, 0.1) is 0 Å². The highest BCUT2D eigenvalue weighted by Gasteiger charge is 3.05. The second kappa shape index (κ2) is 4.20. The van der Waals surface area contributed by atoms with Gasteiger partial charge in [0.05, 0.1) is 0 Å². The fraction of sp³-hybridized carbons (Fsp3) is 0.875. The van der Waals surface area contributed by atoms with Gasteiger partial charge in [0, 0.05) is 0 Å². The smallest absolute Gasteiger partial charge is 0.291 e. The number of hydrogen-bond acceptors (Lipinski definition) is 1. The largest absolute Gasteiger partial charge is 0.439 e. The van der Waals surface area contributed by atoms with E-state index in [2.05, 4.69) is 0 Å². The topological polar surface area (TPSA) is 17.1 Å². The van der Waals surface area contributed by atoms with E-state index in [1.54, 1.807) is 0 Å². The predicted octanol–water partition coefficient (Wildman–Crippen LogP) is 4.02. The van der Waals surface area contributed by atoms with Crippen LogP contribution in [0.3, 0.4) is 0 Å². The van der Waals surface area contributed by atoms with E-state index in [0.717, 1.165) is 0 Å². The van der Waals surface area contributed by atoms with Crippen molar-refractivity contribution < 1.29 is 66.3 Å². The summed E-state index contributed by atoms with van der Waals surface area (Å²) in [5.41, 5.74) is -14.6. The van der Waals surface area contributed by atoms with Crippen molar-refractivity contribution in [1.29, 1.82) is 0 Å². The zero-order valence-corrected chi connectivity index (χ0v) is 9.70. The van der Waals surface area contributed by atoms with Crippen molar-refractivity contribution in [2.45, 2.75) is 41.5 Å². The first-order valence-corrected chi connectivity index (χ1v) is 4.85. The molecule has 0 aromatic carbocycles. The molecule has 1 nitrogen and oxygen atoms in total. The van der Waals surface area contributed by atoms with Crippen molar-refractivity contribution in [1.82, 2.24) is 0 Å². The summed E-state index contributed by atoms with van der Waals surface area (Å²) in [6.07, 6.45) is -15.1. The second-order valence-corrected chi connectivity index (χ2v) is 4.36. The van der Waals surface area contributed by atoms with Gasteiger partial charge in [-0.2, -0.15) is 52.7 Å². The van der Waals surface area contributed by atoms with Crippen LogP contribution < -0.4 is 0 Å². The van der Waals surface area contributed by atoms with Crippen molar-refractivity contribution in [3.63, 3.8) is 0 Å². The maximum atomic E-state index is 13.3. The Hall–Kier alpha value is -1.31. The maximum absolute atomic E-state index is 13.3. The van der Waals surface area contributed by atoms with E-state index < -0.39 is 47.2 Å². The quantitative estimate of drug-likeness (QED) is 0.664. The van der Waals surface area contributed by atoms with E-state index in [9.17, 15) is 66.3 Å². The first kappa shape index (κ1) is 19.7. The van der Waals surface area contributed by atoms with Gasteiger partial charge in [0.2, 0.25) is 5.78 Å². The van der Waals surface area contributed by atoms with Gasteiger partial charge in [0.1, 0.15) is 0 Å². The van der Waals surface area contributed by atoms with Crippen LogP contribution in [0.5, 0.6) is 0 Å². The molecule has 0 saturated heterocycles. The molecule has 23 heavy (non-hydrogen) atoms. The standard InChI is InChI=1S/C8F14O/c9-2(4(11,12)6(15,16)5(2,13)14)1(23)3(10,7(17,18)19)8(20,21)22. The number of rotatable bonds is 2. The van der Waals surface area contributed by atoms with E-state index in [0.29, 0.717) is 0 Å². The number of halogens is 14. The molecule has 15 heteroatoms.